The van der Waals surface area contributed by atoms with Crippen LogP contribution in [0.4, 0.5) is 0 Å². The number of hydrogen-bond acceptors (Lipinski definition) is 4. The molecule has 1 atom stereocenters. The number of nitrogens with zero attached hydrogens (tertiary/aromatic N) is 2. The van der Waals surface area contributed by atoms with Gasteiger partial charge in [-0.25, -0.2) is 0 Å². The molecule has 27 heavy (non-hydrogen) atoms. The van der Waals surface area contributed by atoms with Gasteiger partial charge < -0.3 is 14.5 Å². The van der Waals surface area contributed by atoms with E-state index in [1.165, 1.54) is 0 Å². The molecule has 2 aromatic heterocycles. The minimum atomic E-state index is -0.271. The van der Waals surface area contributed by atoms with Crippen LogP contribution in [0.15, 0.2) is 47.0 Å². The van der Waals surface area contributed by atoms with Crippen molar-refractivity contribution >= 4 is 5.91 Å². The number of hydrogen-bond donors (Lipinski definition) is 1. The minimum absolute atomic E-state index is 0.204. The van der Waals surface area contributed by atoms with Crippen LogP contribution >= 0.6 is 0 Å². The first-order valence-corrected chi connectivity index (χ1v) is 9.10. The first-order valence-electron chi connectivity index (χ1n) is 9.10. The lowest BCUT2D eigenvalue weighted by Crippen LogP contribution is -2.26. The van der Waals surface area contributed by atoms with E-state index in [0.717, 1.165) is 29.1 Å². The molecule has 0 aliphatic rings. The maximum atomic E-state index is 12.4. The van der Waals surface area contributed by atoms with Crippen LogP contribution in [-0.2, 0) is 13.2 Å². The third-order valence-electron chi connectivity index (χ3n) is 4.43. The van der Waals surface area contributed by atoms with E-state index in [4.69, 9.17) is 9.15 Å². The molecule has 1 amide bonds. The van der Waals surface area contributed by atoms with Gasteiger partial charge in [0, 0.05) is 12.7 Å². The fourth-order valence-electron chi connectivity index (χ4n) is 2.87. The van der Waals surface area contributed by atoms with E-state index in [9.17, 15) is 4.79 Å². The van der Waals surface area contributed by atoms with Gasteiger partial charge in [-0.05, 0) is 57.0 Å². The van der Waals surface area contributed by atoms with Gasteiger partial charge in [-0.3, -0.25) is 9.48 Å². The fraction of sp³-hybridized carbons (Fsp3) is 0.333. The van der Waals surface area contributed by atoms with Gasteiger partial charge in [0.15, 0.2) is 5.76 Å². The number of benzene rings is 1. The molecule has 2 heterocycles. The van der Waals surface area contributed by atoms with Crippen molar-refractivity contribution in [3.8, 4) is 5.75 Å². The summed E-state index contributed by atoms with van der Waals surface area (Å²) in [4.78, 5) is 12.4. The lowest BCUT2D eigenvalue weighted by Gasteiger charge is -2.11. The predicted octanol–water partition coefficient (Wildman–Crippen LogP) is 4.18. The van der Waals surface area contributed by atoms with Gasteiger partial charge in [-0.1, -0.05) is 18.2 Å². The Morgan fingerprint density at radius 3 is 2.63 bits per heavy atom. The molecule has 0 aliphatic heterocycles. The van der Waals surface area contributed by atoms with Gasteiger partial charge in [-0.2, -0.15) is 5.10 Å². The second-order valence-corrected chi connectivity index (χ2v) is 6.57. The average Bonchev–Trinajstić information content (AvgIpc) is 3.31. The zero-order valence-electron chi connectivity index (χ0n) is 16.2. The molecule has 3 aromatic rings. The maximum Gasteiger partial charge on any atom is 0.287 e. The zero-order valence-corrected chi connectivity index (χ0v) is 16.2. The lowest BCUT2D eigenvalue weighted by atomic mass is 10.1. The highest BCUT2D eigenvalue weighted by atomic mass is 16.5. The maximum absolute atomic E-state index is 12.4. The van der Waals surface area contributed by atoms with Crippen LogP contribution in [0.2, 0.25) is 0 Å². The summed E-state index contributed by atoms with van der Waals surface area (Å²) in [7, 11) is 0. The van der Waals surface area contributed by atoms with Crippen molar-refractivity contribution in [1.82, 2.24) is 15.1 Å². The number of ether oxygens (including phenoxy) is 1. The molecular formula is C21H25N3O3. The molecule has 142 valence electrons. The van der Waals surface area contributed by atoms with Crippen LogP contribution in [0.3, 0.4) is 0 Å². The van der Waals surface area contributed by atoms with Crippen LogP contribution in [0, 0.1) is 13.8 Å². The van der Waals surface area contributed by atoms with Crippen LogP contribution in [0.5, 0.6) is 5.75 Å². The Morgan fingerprint density at radius 1 is 1.22 bits per heavy atom. The molecule has 1 unspecified atom stereocenters. The summed E-state index contributed by atoms with van der Waals surface area (Å²) in [5.41, 5.74) is 2.95. The summed E-state index contributed by atoms with van der Waals surface area (Å²) < 4.78 is 13.3. The van der Waals surface area contributed by atoms with Crippen LogP contribution in [0.1, 0.15) is 53.0 Å². The van der Waals surface area contributed by atoms with Gasteiger partial charge >= 0.3 is 0 Å². The highest BCUT2D eigenvalue weighted by Crippen LogP contribution is 2.24. The number of carbonyl (C=O) groups is 1. The lowest BCUT2D eigenvalue weighted by molar-refractivity contribution is 0.0906. The monoisotopic (exact) mass is 367 g/mol. The first kappa shape index (κ1) is 18.8. The molecule has 0 fully saturated rings. The van der Waals surface area contributed by atoms with Crippen molar-refractivity contribution in [1.29, 1.82) is 0 Å². The number of carbonyl (C=O) groups excluding carboxylic acids is 1. The summed E-state index contributed by atoms with van der Waals surface area (Å²) in [5.74, 6) is 1.44. The molecule has 0 saturated heterocycles. The normalized spacial score (nSPS) is 12.0. The standard InChI is InChI=1S/C21H25N3O3/c1-5-24-12-11-18(23-24)16(4)22-21(25)19-10-9-17(27-19)13-26-20-14(2)7-6-8-15(20)3/h6-12,16H,5,13H2,1-4H3,(H,22,25). The molecule has 6 nitrogen and oxygen atoms in total. The van der Waals surface area contributed by atoms with Gasteiger partial charge in [0.05, 0.1) is 11.7 Å². The molecule has 6 heteroatoms. The Balaban J connectivity index is 1.60. The topological polar surface area (TPSA) is 69.3 Å². The Bertz CT molecular complexity index is 906. The van der Waals surface area contributed by atoms with E-state index in [2.05, 4.69) is 10.4 Å². The molecule has 1 N–H and O–H groups in total. The molecule has 0 saturated carbocycles. The molecule has 1 aromatic carbocycles. The van der Waals surface area contributed by atoms with Crippen LogP contribution < -0.4 is 10.1 Å². The molecule has 3 rings (SSSR count). The number of para-hydroxylation sites is 1. The summed E-state index contributed by atoms with van der Waals surface area (Å²) in [6, 6.07) is 11.1. The fourth-order valence-corrected chi connectivity index (χ4v) is 2.87. The quantitative estimate of drug-likeness (QED) is 0.680. The highest BCUT2D eigenvalue weighted by molar-refractivity contribution is 5.91. The van der Waals surface area contributed by atoms with E-state index in [1.807, 2.05) is 62.8 Å². The van der Waals surface area contributed by atoms with Gasteiger partial charge in [-0.15, -0.1) is 0 Å². The largest absolute Gasteiger partial charge is 0.485 e. The van der Waals surface area contributed by atoms with Crippen molar-refractivity contribution in [2.45, 2.75) is 46.9 Å². The number of amides is 1. The van der Waals surface area contributed by atoms with E-state index >= 15 is 0 Å². The molecule has 0 radical (unpaired) electrons. The molecule has 0 bridgehead atoms. The summed E-state index contributed by atoms with van der Waals surface area (Å²) in [5, 5.41) is 7.32. The molecular weight excluding hydrogens is 342 g/mol. The second-order valence-electron chi connectivity index (χ2n) is 6.57. The van der Waals surface area contributed by atoms with Gasteiger partial charge in [0.1, 0.15) is 18.1 Å². The third-order valence-corrected chi connectivity index (χ3v) is 4.43. The van der Waals surface area contributed by atoms with Crippen LogP contribution in [-0.4, -0.2) is 15.7 Å². The smallest absolute Gasteiger partial charge is 0.287 e. The van der Waals surface area contributed by atoms with Crippen molar-refractivity contribution in [3.63, 3.8) is 0 Å². The Labute approximate surface area is 159 Å². The second kappa shape index (κ2) is 8.12. The van der Waals surface area contributed by atoms with Crippen LogP contribution in [0.25, 0.3) is 0 Å². The number of aryl methyl sites for hydroxylation is 3. The third kappa shape index (κ3) is 4.39. The number of aromatic nitrogens is 2. The van der Waals surface area contributed by atoms with Gasteiger partial charge in [0.25, 0.3) is 5.91 Å². The predicted molar refractivity (Wildman–Crippen MR) is 103 cm³/mol. The number of furan rings is 1. The highest BCUT2D eigenvalue weighted by Gasteiger charge is 2.17. The van der Waals surface area contributed by atoms with E-state index in [0.29, 0.717) is 5.76 Å². The Kier molecular flexibility index (Phi) is 5.64. The molecule has 0 aliphatic carbocycles. The number of nitrogens with one attached hydrogen (secondary N) is 1. The average molecular weight is 367 g/mol. The summed E-state index contributed by atoms with van der Waals surface area (Å²) in [6.45, 7) is 8.99. The summed E-state index contributed by atoms with van der Waals surface area (Å²) >= 11 is 0. The van der Waals surface area contributed by atoms with Crippen molar-refractivity contribution < 1.29 is 13.9 Å². The SMILES string of the molecule is CCn1ccc(C(C)NC(=O)c2ccc(COc3c(C)cccc3C)o2)n1. The van der Waals surface area contributed by atoms with Crippen molar-refractivity contribution in [2.24, 2.45) is 0 Å². The number of rotatable bonds is 7. The van der Waals surface area contributed by atoms with Crippen molar-refractivity contribution in [3.05, 3.63) is 70.9 Å². The zero-order chi connectivity index (χ0) is 19.4. The Morgan fingerprint density at radius 2 is 1.96 bits per heavy atom. The minimum Gasteiger partial charge on any atom is -0.485 e. The first-order chi connectivity index (χ1) is 13.0. The Hall–Kier alpha value is -3.02. The van der Waals surface area contributed by atoms with Gasteiger partial charge in [0.2, 0.25) is 0 Å². The van der Waals surface area contributed by atoms with E-state index < -0.39 is 0 Å². The molecule has 0 spiro atoms. The summed E-state index contributed by atoms with van der Waals surface area (Å²) in [6.07, 6.45) is 1.90. The van der Waals surface area contributed by atoms with E-state index in [-0.39, 0.29) is 24.3 Å². The van der Waals surface area contributed by atoms with E-state index in [1.54, 1.807) is 12.1 Å². The van der Waals surface area contributed by atoms with Crippen molar-refractivity contribution in [2.75, 3.05) is 0 Å².